The third kappa shape index (κ3) is 3.06. The number of fused-ring (bicyclic) bond motifs is 1. The fraction of sp³-hybridized carbons (Fsp3) is 0.400. The number of benzene rings is 2. The Morgan fingerprint density at radius 2 is 1.96 bits per heavy atom. The third-order valence-electron chi connectivity index (χ3n) is 4.83. The van der Waals surface area contributed by atoms with Gasteiger partial charge in [-0.3, -0.25) is 4.90 Å². The molecule has 4 nitrogen and oxygen atoms in total. The van der Waals surface area contributed by atoms with Gasteiger partial charge < -0.3 is 14.2 Å². The minimum Gasteiger partial charge on any atom is -0.497 e. The third-order valence-corrected chi connectivity index (χ3v) is 4.83. The number of nitrogens with zero attached hydrogens (tertiary/aromatic N) is 1. The van der Waals surface area contributed by atoms with E-state index in [-0.39, 0.29) is 0 Å². The normalized spacial score (nSPS) is 20.1. The smallest absolute Gasteiger partial charge is 0.161 e. The van der Waals surface area contributed by atoms with Crippen LogP contribution in [0.2, 0.25) is 0 Å². The number of likely N-dealkylation sites (tertiary alicyclic amines) is 1. The molecule has 1 fully saturated rings. The predicted octanol–water partition coefficient (Wildman–Crippen LogP) is 3.80. The second-order valence-electron chi connectivity index (χ2n) is 6.38. The second-order valence-corrected chi connectivity index (χ2v) is 6.38. The van der Waals surface area contributed by atoms with E-state index in [0.717, 1.165) is 30.3 Å². The van der Waals surface area contributed by atoms with Gasteiger partial charge in [0.15, 0.2) is 11.5 Å². The Balaban J connectivity index is 1.54. The topological polar surface area (TPSA) is 30.9 Å². The van der Waals surface area contributed by atoms with Gasteiger partial charge in [-0.25, -0.2) is 0 Å². The Kier molecular flexibility index (Phi) is 4.30. The van der Waals surface area contributed by atoms with Gasteiger partial charge in [0.2, 0.25) is 0 Å². The molecule has 4 rings (SSSR count). The van der Waals surface area contributed by atoms with Gasteiger partial charge in [-0.15, -0.1) is 0 Å². The van der Waals surface area contributed by atoms with Crippen LogP contribution in [0.25, 0.3) is 0 Å². The molecule has 0 amide bonds. The van der Waals surface area contributed by atoms with E-state index in [9.17, 15) is 0 Å². The van der Waals surface area contributed by atoms with Crippen LogP contribution in [0.4, 0.5) is 0 Å². The SMILES string of the molecule is COc1cccc(CN2CCC[C@H]2c2ccc3c(c2)OCCO3)c1. The molecular formula is C20H23NO3. The molecule has 24 heavy (non-hydrogen) atoms. The fourth-order valence-electron chi connectivity index (χ4n) is 3.67. The molecule has 0 spiro atoms. The maximum atomic E-state index is 5.75. The zero-order valence-corrected chi connectivity index (χ0v) is 14.0. The molecule has 0 N–H and O–H groups in total. The first kappa shape index (κ1) is 15.3. The van der Waals surface area contributed by atoms with E-state index in [1.807, 2.05) is 12.1 Å². The van der Waals surface area contributed by atoms with Gasteiger partial charge in [0, 0.05) is 12.6 Å². The molecule has 0 aromatic heterocycles. The molecule has 0 saturated carbocycles. The van der Waals surface area contributed by atoms with Crippen molar-refractivity contribution in [2.75, 3.05) is 26.9 Å². The number of rotatable bonds is 4. The van der Waals surface area contributed by atoms with Crippen molar-refractivity contribution in [2.45, 2.75) is 25.4 Å². The van der Waals surface area contributed by atoms with Gasteiger partial charge in [-0.05, 0) is 54.8 Å². The standard InChI is InChI=1S/C20H23NO3/c1-22-17-5-2-4-15(12-17)14-21-9-3-6-18(21)16-7-8-19-20(13-16)24-11-10-23-19/h2,4-5,7-8,12-13,18H,3,6,9-11,14H2,1H3/t18-/m0/s1. The minimum absolute atomic E-state index is 0.437. The second kappa shape index (κ2) is 6.73. The van der Waals surface area contributed by atoms with Crippen molar-refractivity contribution >= 4 is 0 Å². The van der Waals surface area contributed by atoms with Crippen LogP contribution in [-0.4, -0.2) is 31.8 Å². The van der Waals surface area contributed by atoms with Gasteiger partial charge in [0.25, 0.3) is 0 Å². The van der Waals surface area contributed by atoms with Crippen molar-refractivity contribution in [2.24, 2.45) is 0 Å². The van der Waals surface area contributed by atoms with E-state index in [4.69, 9.17) is 14.2 Å². The summed E-state index contributed by atoms with van der Waals surface area (Å²) in [6.07, 6.45) is 2.41. The summed E-state index contributed by atoms with van der Waals surface area (Å²) in [7, 11) is 1.72. The first-order valence-electron chi connectivity index (χ1n) is 8.60. The lowest BCUT2D eigenvalue weighted by molar-refractivity contribution is 0.170. The summed E-state index contributed by atoms with van der Waals surface area (Å²) < 4.78 is 16.7. The summed E-state index contributed by atoms with van der Waals surface area (Å²) in [5.74, 6) is 2.66. The summed E-state index contributed by atoms with van der Waals surface area (Å²) >= 11 is 0. The van der Waals surface area contributed by atoms with E-state index in [0.29, 0.717) is 19.3 Å². The van der Waals surface area contributed by atoms with Crippen molar-refractivity contribution in [1.29, 1.82) is 0 Å². The average molecular weight is 325 g/mol. The van der Waals surface area contributed by atoms with Crippen LogP contribution >= 0.6 is 0 Å². The molecule has 0 bridgehead atoms. The summed E-state index contributed by atoms with van der Waals surface area (Å²) in [5.41, 5.74) is 2.61. The average Bonchev–Trinajstić information content (AvgIpc) is 3.09. The maximum Gasteiger partial charge on any atom is 0.161 e. The lowest BCUT2D eigenvalue weighted by atomic mass is 10.0. The van der Waals surface area contributed by atoms with E-state index < -0.39 is 0 Å². The number of hydrogen-bond donors (Lipinski definition) is 0. The molecular weight excluding hydrogens is 302 g/mol. The molecule has 126 valence electrons. The zero-order valence-electron chi connectivity index (χ0n) is 14.0. The Labute approximate surface area is 142 Å². The molecule has 2 aromatic carbocycles. The fourth-order valence-corrected chi connectivity index (χ4v) is 3.67. The largest absolute Gasteiger partial charge is 0.497 e. The Morgan fingerprint density at radius 3 is 2.83 bits per heavy atom. The van der Waals surface area contributed by atoms with Gasteiger partial charge in [0.05, 0.1) is 7.11 Å². The zero-order chi connectivity index (χ0) is 16.4. The summed E-state index contributed by atoms with van der Waals surface area (Å²) in [5, 5.41) is 0. The van der Waals surface area contributed by atoms with Crippen molar-refractivity contribution in [3.05, 3.63) is 53.6 Å². The molecule has 2 aliphatic rings. The summed E-state index contributed by atoms with van der Waals surface area (Å²) in [4.78, 5) is 2.54. The van der Waals surface area contributed by atoms with Gasteiger partial charge in [-0.2, -0.15) is 0 Å². The summed E-state index contributed by atoms with van der Waals surface area (Å²) in [6, 6.07) is 15.2. The maximum absolute atomic E-state index is 5.75. The van der Waals surface area contributed by atoms with Crippen LogP contribution in [0, 0.1) is 0 Å². The van der Waals surface area contributed by atoms with Crippen LogP contribution in [-0.2, 0) is 6.54 Å². The molecule has 2 heterocycles. The van der Waals surface area contributed by atoms with Crippen LogP contribution in [0.15, 0.2) is 42.5 Å². The van der Waals surface area contributed by atoms with Crippen LogP contribution < -0.4 is 14.2 Å². The summed E-state index contributed by atoms with van der Waals surface area (Å²) in [6.45, 7) is 3.33. The minimum atomic E-state index is 0.437. The Bertz CT molecular complexity index is 716. The van der Waals surface area contributed by atoms with E-state index >= 15 is 0 Å². The highest BCUT2D eigenvalue weighted by Crippen LogP contribution is 2.38. The predicted molar refractivity (Wildman–Crippen MR) is 92.8 cm³/mol. The first-order valence-corrected chi connectivity index (χ1v) is 8.60. The Hall–Kier alpha value is -2.20. The first-order chi connectivity index (χ1) is 11.8. The Morgan fingerprint density at radius 1 is 1.08 bits per heavy atom. The quantitative estimate of drug-likeness (QED) is 0.855. The van der Waals surface area contributed by atoms with E-state index in [1.165, 1.54) is 24.0 Å². The molecule has 0 unspecified atom stereocenters. The van der Waals surface area contributed by atoms with Crippen LogP contribution in [0.5, 0.6) is 17.2 Å². The molecule has 0 radical (unpaired) electrons. The highest BCUT2D eigenvalue weighted by atomic mass is 16.6. The van der Waals surface area contributed by atoms with Crippen molar-refractivity contribution < 1.29 is 14.2 Å². The highest BCUT2D eigenvalue weighted by molar-refractivity contribution is 5.45. The molecule has 2 aromatic rings. The van der Waals surface area contributed by atoms with Crippen LogP contribution in [0.1, 0.15) is 30.0 Å². The highest BCUT2D eigenvalue weighted by Gasteiger charge is 2.27. The van der Waals surface area contributed by atoms with Crippen molar-refractivity contribution in [1.82, 2.24) is 4.90 Å². The molecule has 2 aliphatic heterocycles. The van der Waals surface area contributed by atoms with E-state index in [1.54, 1.807) is 7.11 Å². The lowest BCUT2D eigenvalue weighted by Crippen LogP contribution is -2.23. The molecule has 1 saturated heterocycles. The monoisotopic (exact) mass is 325 g/mol. The van der Waals surface area contributed by atoms with Gasteiger partial charge in [0.1, 0.15) is 19.0 Å². The molecule has 4 heteroatoms. The molecule has 0 aliphatic carbocycles. The molecule has 1 atom stereocenters. The van der Waals surface area contributed by atoms with Gasteiger partial charge in [-0.1, -0.05) is 18.2 Å². The van der Waals surface area contributed by atoms with Crippen molar-refractivity contribution in [3.63, 3.8) is 0 Å². The van der Waals surface area contributed by atoms with Crippen LogP contribution in [0.3, 0.4) is 0 Å². The number of hydrogen-bond acceptors (Lipinski definition) is 4. The number of methoxy groups -OCH3 is 1. The lowest BCUT2D eigenvalue weighted by Gasteiger charge is -2.26. The van der Waals surface area contributed by atoms with E-state index in [2.05, 4.69) is 35.2 Å². The van der Waals surface area contributed by atoms with Crippen molar-refractivity contribution in [3.8, 4) is 17.2 Å². The van der Waals surface area contributed by atoms with Gasteiger partial charge >= 0.3 is 0 Å². The number of ether oxygens (including phenoxy) is 3.